The monoisotopic (exact) mass is 272 g/mol. The van der Waals surface area contributed by atoms with Crippen molar-refractivity contribution >= 4 is 23.5 Å². The number of esters is 1. The van der Waals surface area contributed by atoms with Gasteiger partial charge in [0, 0.05) is 5.03 Å². The Balaban J connectivity index is 2.25. The van der Waals surface area contributed by atoms with E-state index in [-0.39, 0.29) is 17.6 Å². The fourth-order valence-corrected chi connectivity index (χ4v) is 2.49. The van der Waals surface area contributed by atoms with E-state index in [9.17, 15) is 9.59 Å². The van der Waals surface area contributed by atoms with Gasteiger partial charge in [-0.25, -0.2) is 4.79 Å². The lowest BCUT2D eigenvalue weighted by molar-refractivity contribution is -0.160. The minimum Gasteiger partial charge on any atom is -0.455 e. The molecule has 2 N–H and O–H groups in total. The number of hydrogen-bond acceptors (Lipinski definition) is 4. The molecular weight excluding hydrogens is 256 g/mol. The van der Waals surface area contributed by atoms with Crippen LogP contribution in [0.2, 0.25) is 0 Å². The summed E-state index contributed by atoms with van der Waals surface area (Å²) in [5.41, 5.74) is 5.24. The van der Waals surface area contributed by atoms with Crippen LogP contribution in [0.25, 0.3) is 0 Å². The van der Waals surface area contributed by atoms with Crippen LogP contribution in [0.3, 0.4) is 0 Å². The molecule has 0 aliphatic carbocycles. The van der Waals surface area contributed by atoms with Crippen molar-refractivity contribution in [3.05, 3.63) is 10.7 Å². The van der Waals surface area contributed by atoms with Crippen LogP contribution in [0, 0.1) is 0 Å². The van der Waals surface area contributed by atoms with Gasteiger partial charge in [0.25, 0.3) is 0 Å². The van der Waals surface area contributed by atoms with Crippen molar-refractivity contribution in [2.24, 2.45) is 5.73 Å². The first-order valence-corrected chi connectivity index (χ1v) is 6.31. The number of hydrogen-bond donors (Lipinski definition) is 1. The third-order valence-electron chi connectivity index (χ3n) is 3.02. The summed E-state index contributed by atoms with van der Waals surface area (Å²) < 4.78 is 5.27. The molecule has 0 aromatic carbocycles. The topological polar surface area (TPSA) is 72.6 Å². The quantitative estimate of drug-likeness (QED) is 0.573. The predicted molar refractivity (Wildman–Crippen MR) is 66.6 cm³/mol. The zero-order valence-corrected chi connectivity index (χ0v) is 11.5. The van der Waals surface area contributed by atoms with E-state index in [1.807, 2.05) is 0 Å². The summed E-state index contributed by atoms with van der Waals surface area (Å²) in [4.78, 5) is 25.2. The number of halogens is 1. The maximum atomic E-state index is 12.1. The summed E-state index contributed by atoms with van der Waals surface area (Å²) in [6, 6.07) is -0.644. The Kier molecular flexibility index (Phi) is 3.15. The molecule has 6 heteroatoms. The molecule has 2 atom stereocenters. The van der Waals surface area contributed by atoms with Gasteiger partial charge in [0.15, 0.2) is 0 Å². The number of carbonyl (C=O) groups excluding carboxylic acids is 2. The van der Waals surface area contributed by atoms with Crippen molar-refractivity contribution in [1.29, 1.82) is 0 Å². The lowest BCUT2D eigenvalue weighted by Crippen LogP contribution is -2.69. The number of carbonyl (C=O) groups is 2. The van der Waals surface area contributed by atoms with E-state index < -0.39 is 17.6 Å². The maximum Gasteiger partial charge on any atom is 0.356 e. The van der Waals surface area contributed by atoms with Crippen LogP contribution in [-0.2, 0) is 14.3 Å². The van der Waals surface area contributed by atoms with Gasteiger partial charge in [0.05, 0.1) is 6.04 Å². The van der Waals surface area contributed by atoms with Gasteiger partial charge < -0.3 is 10.5 Å². The van der Waals surface area contributed by atoms with Gasteiger partial charge >= 0.3 is 5.97 Å². The van der Waals surface area contributed by atoms with Gasteiger partial charge in [0.2, 0.25) is 5.91 Å². The Morgan fingerprint density at radius 3 is 2.67 bits per heavy atom. The zero-order valence-electron chi connectivity index (χ0n) is 10.7. The first kappa shape index (κ1) is 13.4. The van der Waals surface area contributed by atoms with Crippen molar-refractivity contribution in [2.45, 2.75) is 51.3 Å². The molecule has 0 aromatic heterocycles. The Bertz CT molecular complexity index is 439. The van der Waals surface area contributed by atoms with E-state index in [1.54, 1.807) is 20.8 Å². The third-order valence-corrected chi connectivity index (χ3v) is 3.39. The molecule has 2 rings (SSSR count). The molecule has 0 radical (unpaired) electrons. The summed E-state index contributed by atoms with van der Waals surface area (Å²) in [6.45, 7) is 5.30. The van der Waals surface area contributed by atoms with Crippen LogP contribution >= 0.6 is 11.6 Å². The Morgan fingerprint density at radius 1 is 1.50 bits per heavy atom. The van der Waals surface area contributed by atoms with Gasteiger partial charge in [-0.05, 0) is 33.6 Å². The summed E-state index contributed by atoms with van der Waals surface area (Å²) >= 11 is 6.06. The lowest BCUT2D eigenvalue weighted by Gasteiger charge is -2.48. The first-order valence-electron chi connectivity index (χ1n) is 5.93. The highest BCUT2D eigenvalue weighted by Gasteiger charge is 2.51. The first-order chi connectivity index (χ1) is 8.22. The Hall–Kier alpha value is -1.07. The van der Waals surface area contributed by atoms with Gasteiger partial charge in [0.1, 0.15) is 17.3 Å². The molecule has 100 valence electrons. The highest BCUT2D eigenvalue weighted by Crippen LogP contribution is 2.38. The minimum absolute atomic E-state index is 0.123. The molecule has 18 heavy (non-hydrogen) atoms. The van der Waals surface area contributed by atoms with Gasteiger partial charge in [-0.3, -0.25) is 9.69 Å². The number of β-lactam (4-membered cyclic amide) rings is 1. The van der Waals surface area contributed by atoms with Gasteiger partial charge in [-0.1, -0.05) is 11.6 Å². The molecule has 0 spiro atoms. The number of nitrogens with zero attached hydrogens (tertiary/aromatic N) is 1. The SMILES string of the molecule is CC(C)(C)OC(=O)C1=C(Cl)CC[C@@H]2[C@H](N)C(=O)N12. The number of ether oxygens (including phenoxy) is 1. The second-order valence-electron chi connectivity index (χ2n) is 5.60. The van der Waals surface area contributed by atoms with E-state index >= 15 is 0 Å². The zero-order chi connectivity index (χ0) is 13.7. The highest BCUT2D eigenvalue weighted by molar-refractivity contribution is 6.32. The predicted octanol–water partition coefficient (Wildman–Crippen LogP) is 1.11. The summed E-state index contributed by atoms with van der Waals surface area (Å²) in [6.07, 6.45) is 1.25. The molecule has 1 fully saturated rings. The molecule has 1 saturated heterocycles. The molecule has 2 aliphatic rings. The van der Waals surface area contributed by atoms with Crippen LogP contribution in [0.1, 0.15) is 33.6 Å². The summed E-state index contributed by atoms with van der Waals surface area (Å²) in [5, 5.41) is 0.376. The van der Waals surface area contributed by atoms with E-state index in [2.05, 4.69) is 0 Å². The Morgan fingerprint density at radius 2 is 2.11 bits per heavy atom. The highest BCUT2D eigenvalue weighted by atomic mass is 35.5. The average molecular weight is 273 g/mol. The largest absolute Gasteiger partial charge is 0.455 e. The minimum atomic E-state index is -0.621. The molecule has 5 nitrogen and oxygen atoms in total. The van der Waals surface area contributed by atoms with E-state index in [0.29, 0.717) is 17.9 Å². The summed E-state index contributed by atoms with van der Waals surface area (Å²) in [5.74, 6) is -0.823. The number of allylic oxidation sites excluding steroid dienone is 1. The van der Waals surface area contributed by atoms with Crippen LogP contribution in [0.15, 0.2) is 10.7 Å². The van der Waals surface area contributed by atoms with Crippen molar-refractivity contribution in [1.82, 2.24) is 4.90 Å². The lowest BCUT2D eigenvalue weighted by atomic mass is 9.87. The van der Waals surface area contributed by atoms with Crippen LogP contribution in [0.5, 0.6) is 0 Å². The number of amides is 1. The van der Waals surface area contributed by atoms with Gasteiger partial charge in [-0.15, -0.1) is 0 Å². The molecule has 0 bridgehead atoms. The molecule has 0 unspecified atom stereocenters. The van der Waals surface area contributed by atoms with Crippen molar-refractivity contribution in [3.8, 4) is 0 Å². The van der Waals surface area contributed by atoms with E-state index in [0.717, 1.165) is 0 Å². The standard InChI is InChI=1S/C12H17ClN2O3/c1-12(2,3)18-11(17)9-6(13)4-5-7-8(14)10(16)15(7)9/h7-8H,4-5,14H2,1-3H3/t7-,8+/m1/s1. The molecule has 0 saturated carbocycles. The smallest absolute Gasteiger partial charge is 0.356 e. The van der Waals surface area contributed by atoms with Crippen LogP contribution in [0.4, 0.5) is 0 Å². The number of rotatable bonds is 1. The molecule has 1 amide bonds. The van der Waals surface area contributed by atoms with Crippen LogP contribution in [-0.4, -0.2) is 34.5 Å². The van der Waals surface area contributed by atoms with E-state index in [1.165, 1.54) is 4.90 Å². The van der Waals surface area contributed by atoms with Crippen LogP contribution < -0.4 is 5.73 Å². The fraction of sp³-hybridized carbons (Fsp3) is 0.667. The summed E-state index contributed by atoms with van der Waals surface area (Å²) in [7, 11) is 0. The van der Waals surface area contributed by atoms with E-state index in [4.69, 9.17) is 22.1 Å². The normalized spacial score (nSPS) is 27.8. The second-order valence-corrected chi connectivity index (χ2v) is 6.05. The van der Waals surface area contributed by atoms with Crippen molar-refractivity contribution < 1.29 is 14.3 Å². The van der Waals surface area contributed by atoms with Crippen molar-refractivity contribution in [2.75, 3.05) is 0 Å². The molecule has 0 aromatic rings. The molecule has 2 heterocycles. The number of fused-ring (bicyclic) bond motifs is 1. The molecule has 2 aliphatic heterocycles. The van der Waals surface area contributed by atoms with Gasteiger partial charge in [-0.2, -0.15) is 0 Å². The van der Waals surface area contributed by atoms with Crippen molar-refractivity contribution in [3.63, 3.8) is 0 Å². The second kappa shape index (κ2) is 4.24. The molecular formula is C12H17ClN2O3. The Labute approximate surface area is 111 Å². The maximum absolute atomic E-state index is 12.1. The fourth-order valence-electron chi connectivity index (χ4n) is 2.21. The third kappa shape index (κ3) is 2.12. The average Bonchev–Trinajstić information content (AvgIpc) is 2.25. The number of nitrogens with two attached hydrogens (primary N) is 1.